The quantitative estimate of drug-likeness (QED) is 0.0222. The summed E-state index contributed by atoms with van der Waals surface area (Å²) in [5.41, 5.74) is 0. The molecule has 0 aromatic heterocycles. The topological polar surface area (TPSA) is 237 Å². The highest BCUT2D eigenvalue weighted by Gasteiger charge is 2.30. The van der Waals surface area contributed by atoms with E-state index >= 15 is 0 Å². The molecule has 19 heteroatoms. The number of hydrogen-bond acceptors (Lipinski definition) is 15. The molecule has 0 radical (unpaired) electrons. The molecule has 0 aromatic carbocycles. The molecular formula is C81H158O17P2. The molecule has 0 saturated carbocycles. The predicted molar refractivity (Wildman–Crippen MR) is 409 cm³/mol. The monoisotopic (exact) mass is 1470 g/mol. The summed E-state index contributed by atoms with van der Waals surface area (Å²) in [7, 11) is -9.91. The van der Waals surface area contributed by atoms with Crippen LogP contribution in [0.5, 0.6) is 0 Å². The van der Waals surface area contributed by atoms with E-state index in [2.05, 4.69) is 41.5 Å². The Bertz CT molecular complexity index is 1930. The first-order chi connectivity index (χ1) is 48.4. The highest BCUT2D eigenvalue weighted by atomic mass is 31.2. The summed E-state index contributed by atoms with van der Waals surface area (Å²) in [6.45, 7) is 9.70. The maximum Gasteiger partial charge on any atom is 0.472 e. The first kappa shape index (κ1) is 98.1. The molecule has 0 amide bonds. The zero-order valence-electron chi connectivity index (χ0n) is 65.5. The molecule has 0 fully saturated rings. The van der Waals surface area contributed by atoms with Crippen molar-refractivity contribution >= 4 is 39.5 Å². The molecule has 0 aliphatic rings. The number of carbonyl (C=O) groups is 4. The fourth-order valence-corrected chi connectivity index (χ4v) is 14.1. The van der Waals surface area contributed by atoms with Crippen molar-refractivity contribution in [3.05, 3.63) is 0 Å². The maximum absolute atomic E-state index is 13.1. The van der Waals surface area contributed by atoms with E-state index in [1.54, 1.807) is 0 Å². The Morgan fingerprint density at radius 1 is 0.280 bits per heavy atom. The largest absolute Gasteiger partial charge is 0.472 e. The summed E-state index contributed by atoms with van der Waals surface area (Å²) in [4.78, 5) is 72.7. The normalized spacial score (nSPS) is 14.4. The van der Waals surface area contributed by atoms with Crippen LogP contribution in [0.1, 0.15) is 427 Å². The van der Waals surface area contributed by atoms with E-state index in [9.17, 15) is 43.2 Å². The van der Waals surface area contributed by atoms with Gasteiger partial charge in [0, 0.05) is 25.7 Å². The number of rotatable bonds is 80. The van der Waals surface area contributed by atoms with Gasteiger partial charge in [-0.2, -0.15) is 0 Å². The Morgan fingerprint density at radius 3 is 0.710 bits per heavy atom. The lowest BCUT2D eigenvalue weighted by Crippen LogP contribution is -2.30. The van der Waals surface area contributed by atoms with Crippen LogP contribution in [-0.4, -0.2) is 96.7 Å². The lowest BCUT2D eigenvalue weighted by molar-refractivity contribution is -0.161. The molecule has 0 aliphatic carbocycles. The van der Waals surface area contributed by atoms with Crippen LogP contribution in [0.25, 0.3) is 0 Å². The third kappa shape index (κ3) is 71.7. The van der Waals surface area contributed by atoms with Gasteiger partial charge in [-0.3, -0.25) is 37.3 Å². The number of aliphatic hydroxyl groups is 1. The zero-order valence-corrected chi connectivity index (χ0v) is 67.3. The fraction of sp³-hybridized carbons (Fsp3) is 0.951. The van der Waals surface area contributed by atoms with Crippen molar-refractivity contribution in [2.75, 3.05) is 39.6 Å². The first-order valence-corrected chi connectivity index (χ1v) is 45.1. The standard InChI is InChI=1S/C81H158O17P2/c1-7-11-13-15-17-45-51-57-63-78(83)91-69-76(97-80(85)65-59-53-46-18-16-14-12-8-2)71-95-99(87,88)93-67-75(82)68-94-100(89,90)96-72-77(98-81(86)66-60-54-48-42-38-34-30-26-22-20-24-28-32-36-40-44-50-56-62-74(6)10-4)70-92-79(84)64-58-52-47-41-37-33-29-25-21-19-23-27-31-35-39-43-49-55-61-73(5)9-3/h73-77,82H,7-72H2,1-6H3,(H,87,88)(H,89,90)/t73?,74?,75-,76+,77+/m0/s1. The van der Waals surface area contributed by atoms with Crippen LogP contribution in [0, 0.1) is 11.8 Å². The Morgan fingerprint density at radius 2 is 0.480 bits per heavy atom. The van der Waals surface area contributed by atoms with Crippen LogP contribution in [0.3, 0.4) is 0 Å². The molecule has 4 unspecified atom stereocenters. The molecule has 100 heavy (non-hydrogen) atoms. The molecule has 0 spiro atoms. The lowest BCUT2D eigenvalue weighted by atomic mass is 9.99. The average molecular weight is 1470 g/mol. The van der Waals surface area contributed by atoms with Crippen LogP contribution in [-0.2, 0) is 65.4 Å². The third-order valence-electron chi connectivity index (χ3n) is 19.7. The van der Waals surface area contributed by atoms with E-state index in [1.807, 2.05) is 0 Å². The fourth-order valence-electron chi connectivity index (χ4n) is 12.5. The van der Waals surface area contributed by atoms with Gasteiger partial charge in [-0.05, 0) is 37.5 Å². The van der Waals surface area contributed by atoms with Gasteiger partial charge in [-0.1, -0.05) is 375 Å². The third-order valence-corrected chi connectivity index (χ3v) is 21.6. The van der Waals surface area contributed by atoms with Crippen LogP contribution in [0.15, 0.2) is 0 Å². The van der Waals surface area contributed by atoms with Gasteiger partial charge < -0.3 is 33.8 Å². The van der Waals surface area contributed by atoms with Crippen molar-refractivity contribution < 1.29 is 80.2 Å². The smallest absolute Gasteiger partial charge is 0.462 e. The van der Waals surface area contributed by atoms with Gasteiger partial charge in [-0.25, -0.2) is 9.13 Å². The van der Waals surface area contributed by atoms with Gasteiger partial charge in [0.25, 0.3) is 0 Å². The Balaban J connectivity index is 5.11. The van der Waals surface area contributed by atoms with E-state index < -0.39 is 97.5 Å². The Labute approximate surface area is 613 Å². The van der Waals surface area contributed by atoms with E-state index in [4.69, 9.17) is 37.0 Å². The molecule has 17 nitrogen and oxygen atoms in total. The predicted octanol–water partition coefficient (Wildman–Crippen LogP) is 24.3. The van der Waals surface area contributed by atoms with Gasteiger partial charge in [-0.15, -0.1) is 0 Å². The number of aliphatic hydroxyl groups excluding tert-OH is 1. The molecule has 0 aliphatic heterocycles. The number of unbranched alkanes of at least 4 members (excludes halogenated alkanes) is 48. The highest BCUT2D eigenvalue weighted by molar-refractivity contribution is 7.47. The first-order valence-electron chi connectivity index (χ1n) is 42.1. The molecule has 0 heterocycles. The van der Waals surface area contributed by atoms with Gasteiger partial charge in [0.1, 0.15) is 19.3 Å². The van der Waals surface area contributed by atoms with E-state index in [0.29, 0.717) is 25.7 Å². The molecule has 0 bridgehead atoms. The van der Waals surface area contributed by atoms with Gasteiger partial charge in [0.2, 0.25) is 0 Å². The molecule has 3 N–H and O–H groups in total. The maximum atomic E-state index is 13.1. The van der Waals surface area contributed by atoms with Crippen LogP contribution in [0.2, 0.25) is 0 Å². The van der Waals surface area contributed by atoms with E-state index in [0.717, 1.165) is 115 Å². The molecule has 594 valence electrons. The van der Waals surface area contributed by atoms with Crippen molar-refractivity contribution in [1.82, 2.24) is 0 Å². The number of phosphoric ester groups is 2. The second-order valence-electron chi connectivity index (χ2n) is 29.6. The average Bonchev–Trinajstić information content (AvgIpc) is 1.69. The Kier molecular flexibility index (Phi) is 71.2. The second-order valence-corrected chi connectivity index (χ2v) is 32.6. The number of esters is 4. The van der Waals surface area contributed by atoms with E-state index in [-0.39, 0.29) is 25.7 Å². The van der Waals surface area contributed by atoms with Crippen LogP contribution in [0.4, 0.5) is 0 Å². The van der Waals surface area contributed by atoms with E-state index in [1.165, 1.54) is 231 Å². The molecule has 0 saturated heterocycles. The van der Waals surface area contributed by atoms with Crippen molar-refractivity contribution in [1.29, 1.82) is 0 Å². The van der Waals surface area contributed by atoms with Crippen LogP contribution >= 0.6 is 15.6 Å². The zero-order chi connectivity index (χ0) is 73.5. The number of hydrogen-bond donors (Lipinski definition) is 3. The molecule has 0 aromatic rings. The number of carbonyl (C=O) groups excluding carboxylic acids is 4. The number of ether oxygens (including phenoxy) is 4. The summed E-state index contributed by atoms with van der Waals surface area (Å²) in [5, 5.41) is 10.6. The van der Waals surface area contributed by atoms with Gasteiger partial charge in [0.05, 0.1) is 26.4 Å². The highest BCUT2D eigenvalue weighted by Crippen LogP contribution is 2.45. The molecule has 0 rings (SSSR count). The van der Waals surface area contributed by atoms with Crippen molar-refractivity contribution in [3.63, 3.8) is 0 Å². The summed E-state index contributed by atoms with van der Waals surface area (Å²) in [5.74, 6) is -0.372. The Hall–Kier alpha value is -1.94. The van der Waals surface area contributed by atoms with Gasteiger partial charge in [0.15, 0.2) is 12.2 Å². The van der Waals surface area contributed by atoms with Crippen LogP contribution < -0.4 is 0 Å². The molecular weight excluding hydrogens is 1310 g/mol. The lowest BCUT2D eigenvalue weighted by Gasteiger charge is -2.21. The minimum Gasteiger partial charge on any atom is -0.462 e. The SMILES string of the molecule is CCCCCCCCCCC(=O)OC[C@H](COP(=O)(O)OC[C@H](O)COP(=O)(O)OC[C@@H](COC(=O)CCCCCCCCCCCCCCCCCCCCC(C)CC)OC(=O)CCCCCCCCCCCCCCCCCCCCC(C)CC)OC(=O)CCCCCCCCCC. The second kappa shape index (κ2) is 72.6. The van der Waals surface area contributed by atoms with Crippen molar-refractivity contribution in [2.45, 2.75) is 445 Å². The van der Waals surface area contributed by atoms with Gasteiger partial charge >= 0.3 is 39.5 Å². The summed E-state index contributed by atoms with van der Waals surface area (Å²) >= 11 is 0. The summed E-state index contributed by atoms with van der Waals surface area (Å²) < 4.78 is 68.5. The minimum absolute atomic E-state index is 0.105. The minimum atomic E-state index is -4.96. The summed E-state index contributed by atoms with van der Waals surface area (Å²) in [6, 6.07) is 0. The summed E-state index contributed by atoms with van der Waals surface area (Å²) in [6.07, 6.45) is 62.8. The van der Waals surface area contributed by atoms with Crippen molar-refractivity contribution in [2.24, 2.45) is 11.8 Å². The van der Waals surface area contributed by atoms with Crippen molar-refractivity contribution in [3.8, 4) is 0 Å². The number of phosphoric acid groups is 2. The molecule has 7 atom stereocenters.